The molecule has 2 aromatic rings. The Kier molecular flexibility index (Phi) is 3.81. The molecule has 1 N–H and O–H groups in total. The first-order chi connectivity index (χ1) is 11.6. The number of amides is 1. The first kappa shape index (κ1) is 17.0. The number of anilines is 1. The molecule has 1 aliphatic rings. The molecule has 0 spiro atoms. The molecular formula is C14H10F5N3O3. The first-order valence-corrected chi connectivity index (χ1v) is 6.91. The fraction of sp³-hybridized carbons (Fsp3) is 0.286. The smallest absolute Gasteiger partial charge is 0.482 e. The number of hydrogen-bond acceptors (Lipinski definition) is 4. The van der Waals surface area contributed by atoms with Gasteiger partial charge in [0.25, 0.3) is 0 Å². The summed E-state index contributed by atoms with van der Waals surface area (Å²) in [6.07, 6.45) is -7.78. The summed E-state index contributed by atoms with van der Waals surface area (Å²) in [5.74, 6) is -2.62. The molecule has 0 atom stereocenters. The number of aromatic hydroxyl groups is 1. The van der Waals surface area contributed by atoms with Crippen molar-refractivity contribution < 1.29 is 36.6 Å². The Morgan fingerprint density at radius 2 is 1.92 bits per heavy atom. The standard InChI is InChI=1S/C14H10F5N3O3/c15-13(16,17)10-4-5-21(20-10)6-7-22-11-8(23)2-1-3-9(11)25-14(18,19)12(22)24/h1-5,23H,6-7H2. The first-order valence-electron chi connectivity index (χ1n) is 6.91. The maximum absolute atomic E-state index is 13.7. The minimum absolute atomic E-state index is 0.276. The molecular weight excluding hydrogens is 353 g/mol. The average Bonchev–Trinajstić information content (AvgIpc) is 2.97. The van der Waals surface area contributed by atoms with E-state index < -0.39 is 41.9 Å². The maximum atomic E-state index is 13.7. The Balaban J connectivity index is 1.86. The molecule has 1 aliphatic heterocycles. The zero-order valence-corrected chi connectivity index (χ0v) is 12.3. The number of carbonyl (C=O) groups excluding carboxylic acids is 1. The molecule has 1 aromatic heterocycles. The minimum Gasteiger partial charge on any atom is -0.506 e. The number of halogens is 5. The van der Waals surface area contributed by atoms with Crippen LogP contribution in [0.3, 0.4) is 0 Å². The van der Waals surface area contributed by atoms with Crippen molar-refractivity contribution in [2.24, 2.45) is 0 Å². The number of aromatic nitrogens is 2. The number of carbonyl (C=O) groups is 1. The Labute approximate surface area is 137 Å². The van der Waals surface area contributed by atoms with Gasteiger partial charge >= 0.3 is 18.2 Å². The van der Waals surface area contributed by atoms with Crippen LogP contribution < -0.4 is 9.64 Å². The Morgan fingerprint density at radius 1 is 1.20 bits per heavy atom. The fourth-order valence-corrected chi connectivity index (χ4v) is 2.36. The number of alkyl halides is 5. The summed E-state index contributed by atoms with van der Waals surface area (Å²) in [7, 11) is 0. The molecule has 25 heavy (non-hydrogen) atoms. The number of fused-ring (bicyclic) bond motifs is 1. The predicted octanol–water partition coefficient (Wildman–Crippen LogP) is 2.63. The van der Waals surface area contributed by atoms with E-state index >= 15 is 0 Å². The molecule has 3 rings (SSSR count). The van der Waals surface area contributed by atoms with E-state index in [0.29, 0.717) is 4.90 Å². The quantitative estimate of drug-likeness (QED) is 0.852. The van der Waals surface area contributed by atoms with Crippen LogP contribution in [-0.4, -0.2) is 33.4 Å². The van der Waals surface area contributed by atoms with Gasteiger partial charge < -0.3 is 9.84 Å². The highest BCUT2D eigenvalue weighted by Gasteiger charge is 2.51. The molecule has 1 aromatic carbocycles. The Morgan fingerprint density at radius 3 is 2.56 bits per heavy atom. The highest BCUT2D eigenvalue weighted by atomic mass is 19.4. The summed E-state index contributed by atoms with van der Waals surface area (Å²) in [5.41, 5.74) is -1.42. The molecule has 6 nitrogen and oxygen atoms in total. The van der Waals surface area contributed by atoms with Gasteiger partial charge in [-0.05, 0) is 18.2 Å². The number of ether oxygens (including phenoxy) is 1. The van der Waals surface area contributed by atoms with Crippen molar-refractivity contribution >= 4 is 11.6 Å². The lowest BCUT2D eigenvalue weighted by Crippen LogP contribution is -2.51. The van der Waals surface area contributed by atoms with Crippen molar-refractivity contribution in [2.75, 3.05) is 11.4 Å². The van der Waals surface area contributed by atoms with Crippen molar-refractivity contribution in [3.63, 3.8) is 0 Å². The molecule has 0 radical (unpaired) electrons. The highest BCUT2D eigenvalue weighted by Crippen LogP contribution is 2.44. The third-order valence-electron chi connectivity index (χ3n) is 3.46. The lowest BCUT2D eigenvalue weighted by molar-refractivity contribution is -0.192. The molecule has 0 unspecified atom stereocenters. The second-order valence-electron chi connectivity index (χ2n) is 5.16. The third-order valence-corrected chi connectivity index (χ3v) is 3.46. The van der Waals surface area contributed by atoms with Crippen LogP contribution in [0.1, 0.15) is 5.69 Å². The van der Waals surface area contributed by atoms with Gasteiger partial charge in [0, 0.05) is 12.7 Å². The molecule has 0 aliphatic carbocycles. The van der Waals surface area contributed by atoms with Gasteiger partial charge in [-0.2, -0.15) is 27.1 Å². The van der Waals surface area contributed by atoms with Crippen LogP contribution in [0.2, 0.25) is 0 Å². The van der Waals surface area contributed by atoms with Crippen molar-refractivity contribution in [1.82, 2.24) is 9.78 Å². The van der Waals surface area contributed by atoms with Crippen molar-refractivity contribution in [1.29, 1.82) is 0 Å². The second-order valence-corrected chi connectivity index (χ2v) is 5.16. The Bertz CT molecular complexity index is 818. The van der Waals surface area contributed by atoms with Crippen molar-refractivity contribution in [2.45, 2.75) is 18.8 Å². The van der Waals surface area contributed by atoms with Gasteiger partial charge in [0.2, 0.25) is 0 Å². The van der Waals surface area contributed by atoms with Crippen LogP contribution in [0.4, 0.5) is 27.6 Å². The van der Waals surface area contributed by atoms with E-state index in [1.165, 1.54) is 12.1 Å². The lowest BCUT2D eigenvalue weighted by atomic mass is 10.2. The normalized spacial score (nSPS) is 16.5. The van der Waals surface area contributed by atoms with E-state index in [4.69, 9.17) is 0 Å². The number of benzene rings is 1. The number of rotatable bonds is 3. The predicted molar refractivity (Wildman–Crippen MR) is 73.3 cm³/mol. The van der Waals surface area contributed by atoms with Gasteiger partial charge in [0.1, 0.15) is 11.4 Å². The van der Waals surface area contributed by atoms with Crippen LogP contribution in [-0.2, 0) is 17.5 Å². The largest absolute Gasteiger partial charge is 0.506 e. The molecule has 0 fully saturated rings. The third kappa shape index (κ3) is 3.08. The number of para-hydroxylation sites is 1. The summed E-state index contributed by atoms with van der Waals surface area (Å²) < 4.78 is 70.1. The van der Waals surface area contributed by atoms with Crippen LogP contribution in [0.5, 0.6) is 11.5 Å². The molecule has 0 saturated heterocycles. The van der Waals surface area contributed by atoms with E-state index in [1.807, 2.05) is 0 Å². The van der Waals surface area contributed by atoms with E-state index in [9.17, 15) is 31.9 Å². The van der Waals surface area contributed by atoms with Crippen molar-refractivity contribution in [3.8, 4) is 11.5 Å². The fourth-order valence-electron chi connectivity index (χ4n) is 2.36. The lowest BCUT2D eigenvalue weighted by Gasteiger charge is -2.33. The summed E-state index contributed by atoms with van der Waals surface area (Å²) in [4.78, 5) is 12.4. The van der Waals surface area contributed by atoms with Gasteiger partial charge in [-0.25, -0.2) is 0 Å². The van der Waals surface area contributed by atoms with Gasteiger partial charge in [0.15, 0.2) is 11.4 Å². The second kappa shape index (κ2) is 5.60. The van der Waals surface area contributed by atoms with Crippen LogP contribution in [0, 0.1) is 0 Å². The number of nitrogens with zero attached hydrogens (tertiary/aromatic N) is 3. The van der Waals surface area contributed by atoms with Crippen LogP contribution in [0.25, 0.3) is 0 Å². The van der Waals surface area contributed by atoms with E-state index in [2.05, 4.69) is 9.84 Å². The highest BCUT2D eigenvalue weighted by molar-refractivity contribution is 6.02. The zero-order chi connectivity index (χ0) is 18.4. The zero-order valence-electron chi connectivity index (χ0n) is 12.3. The van der Waals surface area contributed by atoms with Crippen molar-refractivity contribution in [3.05, 3.63) is 36.2 Å². The molecule has 1 amide bonds. The van der Waals surface area contributed by atoms with Gasteiger partial charge in [0.05, 0.1) is 6.54 Å². The topological polar surface area (TPSA) is 67.6 Å². The SMILES string of the molecule is O=C1N(CCn2ccc(C(F)(F)F)n2)c2c(O)cccc2OC1(F)F. The average molecular weight is 363 g/mol. The molecule has 0 bridgehead atoms. The van der Waals surface area contributed by atoms with Crippen LogP contribution >= 0.6 is 0 Å². The van der Waals surface area contributed by atoms with Gasteiger partial charge in [-0.3, -0.25) is 14.4 Å². The van der Waals surface area contributed by atoms with E-state index in [-0.39, 0.29) is 12.2 Å². The van der Waals surface area contributed by atoms with Gasteiger partial charge in [-0.15, -0.1) is 0 Å². The Hall–Kier alpha value is -2.85. The molecule has 0 saturated carbocycles. The summed E-state index contributed by atoms with van der Waals surface area (Å²) in [6, 6.07) is 4.28. The van der Waals surface area contributed by atoms with Gasteiger partial charge in [-0.1, -0.05) is 6.07 Å². The number of phenolic OH excluding ortho intramolecular Hbond substituents is 1. The van der Waals surface area contributed by atoms with E-state index in [1.54, 1.807) is 0 Å². The minimum atomic E-state index is -4.64. The molecule has 134 valence electrons. The summed E-state index contributed by atoms with van der Waals surface area (Å²) in [5, 5.41) is 13.1. The van der Waals surface area contributed by atoms with Crippen LogP contribution in [0.15, 0.2) is 30.5 Å². The number of hydrogen-bond donors (Lipinski definition) is 1. The summed E-state index contributed by atoms with van der Waals surface area (Å²) in [6.45, 7) is -0.743. The maximum Gasteiger partial charge on any atom is 0.482 e. The summed E-state index contributed by atoms with van der Waals surface area (Å²) >= 11 is 0. The molecule has 2 heterocycles. The molecule has 11 heteroatoms. The monoisotopic (exact) mass is 363 g/mol. The van der Waals surface area contributed by atoms with E-state index in [0.717, 1.165) is 23.0 Å². The number of phenols is 1.